The largest absolute Gasteiger partial charge is 0.398 e. The van der Waals surface area contributed by atoms with Crippen molar-refractivity contribution in [3.05, 3.63) is 59.4 Å². The molecule has 1 amide bonds. The van der Waals surface area contributed by atoms with Crippen LogP contribution in [0.4, 0.5) is 5.69 Å². The van der Waals surface area contributed by atoms with Crippen molar-refractivity contribution in [1.29, 1.82) is 5.41 Å². The van der Waals surface area contributed by atoms with Crippen LogP contribution in [0.25, 0.3) is 0 Å². The number of pyridine rings is 1. The fraction of sp³-hybridized carbons (Fsp3) is 0.350. The normalized spacial score (nSPS) is 10.5. The standard InChI is InChI=1S/C19H25N3O2.CH4N2/c1-4-22(18(23)16-7-5-6-8-17(16)20)12-11-15-10-9-14(13-21-15)19(2,3)24;2-1-3/h5-10,13,24H,4,11-12,20H2,1-3H3;1H,(H3,2,3). The molecule has 146 valence electrons. The van der Waals surface area contributed by atoms with E-state index in [0.29, 0.717) is 30.8 Å². The molecule has 0 unspecified atom stereocenters. The van der Waals surface area contributed by atoms with Crippen molar-refractivity contribution < 1.29 is 9.90 Å². The summed E-state index contributed by atoms with van der Waals surface area (Å²) < 4.78 is 0. The smallest absolute Gasteiger partial charge is 0.255 e. The Balaban J connectivity index is 0.00000114. The summed E-state index contributed by atoms with van der Waals surface area (Å²) in [5.41, 5.74) is 12.1. The van der Waals surface area contributed by atoms with E-state index in [1.807, 2.05) is 31.2 Å². The fourth-order valence-corrected chi connectivity index (χ4v) is 2.45. The molecule has 2 aromatic rings. The zero-order valence-corrected chi connectivity index (χ0v) is 16.1. The van der Waals surface area contributed by atoms with Crippen molar-refractivity contribution in [2.24, 2.45) is 5.73 Å². The molecule has 1 aromatic heterocycles. The van der Waals surface area contributed by atoms with Crippen LogP contribution in [0.1, 0.15) is 42.4 Å². The minimum absolute atomic E-state index is 0.0660. The highest BCUT2D eigenvalue weighted by Gasteiger charge is 2.18. The average molecular weight is 371 g/mol. The van der Waals surface area contributed by atoms with Crippen molar-refractivity contribution in [3.8, 4) is 0 Å². The van der Waals surface area contributed by atoms with Crippen LogP contribution in [0.5, 0.6) is 0 Å². The lowest BCUT2D eigenvalue weighted by molar-refractivity contribution is 0.0766. The summed E-state index contributed by atoms with van der Waals surface area (Å²) in [6.45, 7) is 6.58. The lowest BCUT2D eigenvalue weighted by Gasteiger charge is -2.22. The number of hydrogen-bond donors (Lipinski definition) is 4. The van der Waals surface area contributed by atoms with Gasteiger partial charge in [0, 0.05) is 42.7 Å². The average Bonchev–Trinajstić information content (AvgIpc) is 2.63. The number of nitrogens with two attached hydrogens (primary N) is 2. The first kappa shape index (κ1) is 22.1. The summed E-state index contributed by atoms with van der Waals surface area (Å²) in [5.74, 6) is -0.0660. The molecule has 0 spiro atoms. The van der Waals surface area contributed by atoms with Crippen molar-refractivity contribution >= 4 is 17.9 Å². The lowest BCUT2D eigenvalue weighted by Crippen LogP contribution is -2.33. The molecular formula is C20H29N5O2. The van der Waals surface area contributed by atoms with E-state index in [0.717, 1.165) is 17.6 Å². The van der Waals surface area contributed by atoms with Crippen molar-refractivity contribution in [1.82, 2.24) is 9.88 Å². The zero-order chi connectivity index (χ0) is 20.4. The number of anilines is 1. The third-order valence-electron chi connectivity index (χ3n) is 4.03. The first-order chi connectivity index (χ1) is 12.7. The Morgan fingerprint density at radius 3 is 2.41 bits per heavy atom. The lowest BCUT2D eigenvalue weighted by atomic mass is 10.0. The molecule has 1 heterocycles. The van der Waals surface area contributed by atoms with Gasteiger partial charge in [0.05, 0.1) is 17.5 Å². The highest BCUT2D eigenvalue weighted by Crippen LogP contribution is 2.19. The third-order valence-corrected chi connectivity index (χ3v) is 4.03. The second-order valence-corrected chi connectivity index (χ2v) is 6.49. The van der Waals surface area contributed by atoms with E-state index in [4.69, 9.17) is 11.1 Å². The van der Waals surface area contributed by atoms with Crippen LogP contribution in [0, 0.1) is 5.41 Å². The van der Waals surface area contributed by atoms with Gasteiger partial charge in [0.1, 0.15) is 0 Å². The molecule has 0 aliphatic rings. The van der Waals surface area contributed by atoms with Crippen LogP contribution in [-0.2, 0) is 12.0 Å². The quantitative estimate of drug-likeness (QED) is 0.351. The second-order valence-electron chi connectivity index (χ2n) is 6.49. The van der Waals surface area contributed by atoms with Crippen LogP contribution in [0.3, 0.4) is 0 Å². The highest BCUT2D eigenvalue weighted by atomic mass is 16.3. The van der Waals surface area contributed by atoms with E-state index in [-0.39, 0.29) is 5.91 Å². The molecule has 6 N–H and O–H groups in total. The van der Waals surface area contributed by atoms with E-state index in [9.17, 15) is 9.90 Å². The van der Waals surface area contributed by atoms with E-state index in [2.05, 4.69) is 10.7 Å². The van der Waals surface area contributed by atoms with Gasteiger partial charge < -0.3 is 21.5 Å². The van der Waals surface area contributed by atoms with Gasteiger partial charge in [-0.15, -0.1) is 0 Å². The molecule has 27 heavy (non-hydrogen) atoms. The molecule has 0 aliphatic heterocycles. The number of hydrogen-bond acceptors (Lipinski definition) is 5. The number of aliphatic hydroxyl groups is 1. The molecule has 0 radical (unpaired) electrons. The van der Waals surface area contributed by atoms with Gasteiger partial charge in [0.15, 0.2) is 0 Å². The summed E-state index contributed by atoms with van der Waals surface area (Å²) >= 11 is 0. The fourth-order valence-electron chi connectivity index (χ4n) is 2.45. The zero-order valence-electron chi connectivity index (χ0n) is 16.1. The van der Waals surface area contributed by atoms with Gasteiger partial charge in [-0.3, -0.25) is 15.2 Å². The first-order valence-corrected chi connectivity index (χ1v) is 8.76. The summed E-state index contributed by atoms with van der Waals surface area (Å²) in [6.07, 6.45) is 3.08. The Morgan fingerprint density at radius 2 is 1.93 bits per heavy atom. The molecule has 1 aromatic carbocycles. The maximum atomic E-state index is 12.6. The van der Waals surface area contributed by atoms with Gasteiger partial charge in [0.25, 0.3) is 5.91 Å². The Kier molecular flexibility index (Phi) is 8.41. The Bertz CT molecular complexity index is 739. The summed E-state index contributed by atoms with van der Waals surface area (Å²) in [7, 11) is 0. The van der Waals surface area contributed by atoms with Crippen molar-refractivity contribution in [2.75, 3.05) is 18.8 Å². The van der Waals surface area contributed by atoms with Crippen LogP contribution >= 0.6 is 0 Å². The third kappa shape index (κ3) is 6.71. The van der Waals surface area contributed by atoms with Gasteiger partial charge in [-0.1, -0.05) is 18.2 Å². The molecule has 0 saturated carbocycles. The van der Waals surface area contributed by atoms with E-state index < -0.39 is 5.60 Å². The number of rotatable bonds is 6. The van der Waals surface area contributed by atoms with Crippen LogP contribution in [0.2, 0.25) is 0 Å². The SMILES string of the molecule is CCN(CCc1ccc(C(C)(C)O)cn1)C(=O)c1ccccc1N.N=CN. The van der Waals surface area contributed by atoms with Gasteiger partial charge in [-0.25, -0.2) is 0 Å². The topological polar surface area (TPSA) is 129 Å². The van der Waals surface area contributed by atoms with E-state index >= 15 is 0 Å². The Hall–Kier alpha value is -2.93. The van der Waals surface area contributed by atoms with E-state index in [1.54, 1.807) is 37.1 Å². The second kappa shape index (κ2) is 10.3. The molecule has 7 heteroatoms. The minimum atomic E-state index is -0.901. The van der Waals surface area contributed by atoms with Gasteiger partial charge in [0.2, 0.25) is 0 Å². The number of nitrogens with one attached hydrogen (secondary N) is 1. The molecule has 0 aliphatic carbocycles. The monoisotopic (exact) mass is 371 g/mol. The molecule has 0 fully saturated rings. The first-order valence-electron chi connectivity index (χ1n) is 8.76. The number of benzene rings is 1. The number of carbonyl (C=O) groups excluding carboxylic acids is 1. The van der Waals surface area contributed by atoms with Gasteiger partial charge in [-0.05, 0) is 39.0 Å². The molecule has 0 bridgehead atoms. The summed E-state index contributed by atoms with van der Waals surface area (Å²) in [6, 6.07) is 10.9. The molecule has 7 nitrogen and oxygen atoms in total. The highest BCUT2D eigenvalue weighted by molar-refractivity contribution is 5.99. The van der Waals surface area contributed by atoms with Crippen LogP contribution < -0.4 is 11.5 Å². The van der Waals surface area contributed by atoms with Crippen LogP contribution in [0.15, 0.2) is 42.6 Å². The molecule has 0 atom stereocenters. The maximum Gasteiger partial charge on any atom is 0.255 e. The number of likely N-dealkylation sites (N-methyl/N-ethyl adjacent to an activating group) is 1. The Morgan fingerprint density at radius 1 is 1.30 bits per heavy atom. The Labute approximate surface area is 160 Å². The predicted molar refractivity (Wildman–Crippen MR) is 109 cm³/mol. The number of carbonyl (C=O) groups is 1. The minimum Gasteiger partial charge on any atom is -0.398 e. The summed E-state index contributed by atoms with van der Waals surface area (Å²) in [4.78, 5) is 18.7. The number of amides is 1. The number of nitrogens with zero attached hydrogens (tertiary/aromatic N) is 2. The molecular weight excluding hydrogens is 342 g/mol. The van der Waals surface area contributed by atoms with Crippen molar-refractivity contribution in [3.63, 3.8) is 0 Å². The van der Waals surface area contributed by atoms with Crippen LogP contribution in [-0.4, -0.2) is 40.3 Å². The summed E-state index contributed by atoms with van der Waals surface area (Å²) in [5, 5.41) is 15.8. The van der Waals surface area contributed by atoms with Gasteiger partial charge in [-0.2, -0.15) is 0 Å². The molecule has 0 saturated heterocycles. The number of para-hydroxylation sites is 1. The van der Waals surface area contributed by atoms with Gasteiger partial charge >= 0.3 is 0 Å². The van der Waals surface area contributed by atoms with Crippen molar-refractivity contribution in [2.45, 2.75) is 32.8 Å². The maximum absolute atomic E-state index is 12.6. The number of aromatic nitrogens is 1. The predicted octanol–water partition coefficient (Wildman–Crippen LogP) is 2.15. The molecule has 2 rings (SSSR count). The van der Waals surface area contributed by atoms with E-state index in [1.165, 1.54) is 0 Å². The number of nitrogen functional groups attached to an aromatic ring is 1.